The van der Waals surface area contributed by atoms with Crippen molar-refractivity contribution in [1.29, 1.82) is 0 Å². The predicted molar refractivity (Wildman–Crippen MR) is 92.4 cm³/mol. The first-order valence-electron chi connectivity index (χ1n) is 9.35. The van der Waals surface area contributed by atoms with Crippen molar-refractivity contribution in [2.24, 2.45) is 0 Å². The van der Waals surface area contributed by atoms with E-state index in [1.165, 1.54) is 70.6 Å². The molecule has 0 radical (unpaired) electrons. The number of carboxylic acids is 1. The number of aromatic amines is 1. The number of aromatic nitrogens is 3. The average Bonchev–Trinajstić information content (AvgIpc) is 3.04. The molecule has 0 aliphatic heterocycles. The molecule has 1 aromatic rings. The van der Waals surface area contributed by atoms with Crippen molar-refractivity contribution in [3.05, 3.63) is 11.9 Å². The third-order valence-electron chi connectivity index (χ3n) is 4.29. The molecule has 0 aliphatic rings. The summed E-state index contributed by atoms with van der Waals surface area (Å²) in [5.41, 5.74) is 1.08. The van der Waals surface area contributed by atoms with Crippen LogP contribution in [0.1, 0.15) is 95.6 Å². The lowest BCUT2D eigenvalue weighted by atomic mass is 10.0. The van der Waals surface area contributed by atoms with Crippen LogP contribution in [0.4, 0.5) is 0 Å². The van der Waals surface area contributed by atoms with Crippen LogP contribution >= 0.6 is 0 Å². The Morgan fingerprint density at radius 3 is 1.74 bits per heavy atom. The minimum Gasteiger partial charge on any atom is -0.481 e. The molecule has 1 rings (SSSR count). The summed E-state index contributed by atoms with van der Waals surface area (Å²) >= 11 is 0. The van der Waals surface area contributed by atoms with Gasteiger partial charge in [0.1, 0.15) is 0 Å². The molecule has 0 aromatic carbocycles. The van der Waals surface area contributed by atoms with Gasteiger partial charge in [0.2, 0.25) is 0 Å². The van der Waals surface area contributed by atoms with E-state index in [0.717, 1.165) is 25.0 Å². The van der Waals surface area contributed by atoms with Crippen LogP contribution < -0.4 is 0 Å². The molecular weight excluding hydrogens is 290 g/mol. The highest BCUT2D eigenvalue weighted by Gasteiger charge is 1.98. The zero-order valence-corrected chi connectivity index (χ0v) is 14.4. The molecule has 0 amide bonds. The van der Waals surface area contributed by atoms with Gasteiger partial charge in [0.05, 0.1) is 11.9 Å². The second-order valence-electron chi connectivity index (χ2n) is 6.45. The van der Waals surface area contributed by atoms with Gasteiger partial charge < -0.3 is 5.11 Å². The molecule has 132 valence electrons. The standard InChI is InChI=1S/C18H33N3O2/c22-18(23)15-13-11-9-7-5-3-1-2-4-6-8-10-12-14-17-16-19-21-20-17/h16H,1-15H2,(H,22,23)(H,19,20,21). The summed E-state index contributed by atoms with van der Waals surface area (Å²) in [6.07, 6.45) is 19.5. The number of nitrogens with one attached hydrogen (secondary N) is 1. The Morgan fingerprint density at radius 2 is 1.30 bits per heavy atom. The highest BCUT2D eigenvalue weighted by Crippen LogP contribution is 2.13. The van der Waals surface area contributed by atoms with Crippen LogP contribution in [0.5, 0.6) is 0 Å². The molecule has 2 N–H and O–H groups in total. The average molecular weight is 323 g/mol. The predicted octanol–water partition coefficient (Wildman–Crippen LogP) is 4.89. The molecular formula is C18H33N3O2. The summed E-state index contributed by atoms with van der Waals surface area (Å²) in [5.74, 6) is -0.664. The van der Waals surface area contributed by atoms with Crippen LogP contribution in [0.25, 0.3) is 0 Å². The summed E-state index contributed by atoms with van der Waals surface area (Å²) in [6.45, 7) is 0. The monoisotopic (exact) mass is 323 g/mol. The number of aliphatic carboxylic acids is 1. The Bertz CT molecular complexity index is 380. The number of aryl methyl sites for hydroxylation is 1. The number of H-pyrrole nitrogens is 1. The number of hydrogen-bond acceptors (Lipinski definition) is 3. The molecule has 0 atom stereocenters. The molecule has 0 saturated heterocycles. The highest BCUT2D eigenvalue weighted by molar-refractivity contribution is 5.66. The number of carboxylic acid groups (broad SMARTS) is 1. The van der Waals surface area contributed by atoms with E-state index in [9.17, 15) is 4.79 Å². The van der Waals surface area contributed by atoms with Crippen molar-refractivity contribution in [3.8, 4) is 0 Å². The van der Waals surface area contributed by atoms with Crippen LogP contribution in [0.3, 0.4) is 0 Å². The molecule has 0 fully saturated rings. The summed E-state index contributed by atoms with van der Waals surface area (Å²) in [4.78, 5) is 10.4. The molecule has 0 unspecified atom stereocenters. The smallest absolute Gasteiger partial charge is 0.303 e. The second kappa shape index (κ2) is 14.2. The van der Waals surface area contributed by atoms with Gasteiger partial charge in [0, 0.05) is 6.42 Å². The molecule has 5 nitrogen and oxygen atoms in total. The van der Waals surface area contributed by atoms with Crippen LogP contribution in [0.15, 0.2) is 6.20 Å². The highest BCUT2D eigenvalue weighted by atomic mass is 16.4. The maximum Gasteiger partial charge on any atom is 0.303 e. The van der Waals surface area contributed by atoms with Gasteiger partial charge in [-0.2, -0.15) is 15.4 Å². The molecule has 1 aromatic heterocycles. The summed E-state index contributed by atoms with van der Waals surface area (Å²) < 4.78 is 0. The maximum atomic E-state index is 10.4. The Kier molecular flexibility index (Phi) is 12.2. The van der Waals surface area contributed by atoms with E-state index in [4.69, 9.17) is 5.11 Å². The second-order valence-corrected chi connectivity index (χ2v) is 6.45. The van der Waals surface area contributed by atoms with E-state index in [-0.39, 0.29) is 0 Å². The molecule has 0 spiro atoms. The normalized spacial score (nSPS) is 11.0. The van der Waals surface area contributed by atoms with E-state index >= 15 is 0 Å². The fourth-order valence-electron chi connectivity index (χ4n) is 2.87. The first-order valence-corrected chi connectivity index (χ1v) is 9.35. The quantitative estimate of drug-likeness (QED) is 0.424. The third kappa shape index (κ3) is 12.8. The van der Waals surface area contributed by atoms with Crippen LogP contribution in [-0.4, -0.2) is 26.5 Å². The van der Waals surface area contributed by atoms with Gasteiger partial charge in [-0.05, 0) is 19.3 Å². The molecule has 5 heteroatoms. The van der Waals surface area contributed by atoms with Crippen molar-refractivity contribution in [1.82, 2.24) is 15.4 Å². The van der Waals surface area contributed by atoms with Gasteiger partial charge in [0.15, 0.2) is 0 Å². The van der Waals surface area contributed by atoms with Gasteiger partial charge >= 0.3 is 5.97 Å². The molecule has 0 aliphatic carbocycles. The van der Waals surface area contributed by atoms with E-state index in [2.05, 4.69) is 15.4 Å². The summed E-state index contributed by atoms with van der Waals surface area (Å²) in [6, 6.07) is 0. The largest absolute Gasteiger partial charge is 0.481 e. The number of unbranched alkanes of at least 4 members (excludes halogenated alkanes) is 12. The van der Waals surface area contributed by atoms with Gasteiger partial charge in [0.25, 0.3) is 0 Å². The van der Waals surface area contributed by atoms with Crippen molar-refractivity contribution < 1.29 is 9.90 Å². The van der Waals surface area contributed by atoms with E-state index in [0.29, 0.717) is 6.42 Å². The van der Waals surface area contributed by atoms with Crippen LogP contribution in [0, 0.1) is 0 Å². The number of carbonyl (C=O) groups is 1. The molecule has 1 heterocycles. The van der Waals surface area contributed by atoms with E-state index in [1.54, 1.807) is 0 Å². The van der Waals surface area contributed by atoms with E-state index < -0.39 is 5.97 Å². The third-order valence-corrected chi connectivity index (χ3v) is 4.29. The molecule has 0 bridgehead atoms. The van der Waals surface area contributed by atoms with Gasteiger partial charge in [-0.15, -0.1) is 0 Å². The Labute approximate surface area is 140 Å². The SMILES string of the molecule is O=C(O)CCCCCCCCCCCCCCCc1cn[nH]n1. The fraction of sp³-hybridized carbons (Fsp3) is 0.833. The van der Waals surface area contributed by atoms with Crippen molar-refractivity contribution in [2.75, 3.05) is 0 Å². The number of nitrogens with zero attached hydrogens (tertiary/aromatic N) is 2. The zero-order chi connectivity index (χ0) is 16.6. The first-order chi connectivity index (χ1) is 11.3. The maximum absolute atomic E-state index is 10.4. The van der Waals surface area contributed by atoms with Crippen molar-refractivity contribution >= 4 is 5.97 Å². The topological polar surface area (TPSA) is 78.9 Å². The summed E-state index contributed by atoms with van der Waals surface area (Å²) in [5, 5.41) is 19.1. The first kappa shape index (κ1) is 19.7. The zero-order valence-electron chi connectivity index (χ0n) is 14.4. The molecule has 23 heavy (non-hydrogen) atoms. The van der Waals surface area contributed by atoms with Gasteiger partial charge in [-0.1, -0.05) is 70.6 Å². The van der Waals surface area contributed by atoms with E-state index in [1.807, 2.05) is 6.20 Å². The fourth-order valence-corrected chi connectivity index (χ4v) is 2.87. The lowest BCUT2D eigenvalue weighted by molar-refractivity contribution is -0.137. The Hall–Kier alpha value is -1.39. The van der Waals surface area contributed by atoms with Crippen molar-refractivity contribution in [2.45, 2.75) is 96.3 Å². The van der Waals surface area contributed by atoms with Crippen LogP contribution in [-0.2, 0) is 11.2 Å². The van der Waals surface area contributed by atoms with Crippen molar-refractivity contribution in [3.63, 3.8) is 0 Å². The van der Waals surface area contributed by atoms with Gasteiger partial charge in [-0.3, -0.25) is 4.79 Å². The lowest BCUT2D eigenvalue weighted by Crippen LogP contribution is -1.93. The minimum atomic E-state index is -0.664. The van der Waals surface area contributed by atoms with Crippen LogP contribution in [0.2, 0.25) is 0 Å². The Balaban J connectivity index is 1.69. The molecule has 0 saturated carbocycles. The Morgan fingerprint density at radius 1 is 0.826 bits per heavy atom. The number of rotatable bonds is 16. The number of hydrogen-bond donors (Lipinski definition) is 2. The van der Waals surface area contributed by atoms with Gasteiger partial charge in [-0.25, -0.2) is 0 Å². The summed E-state index contributed by atoms with van der Waals surface area (Å²) in [7, 11) is 0. The minimum absolute atomic E-state index is 0.332. The lowest BCUT2D eigenvalue weighted by Gasteiger charge is -2.03.